The highest BCUT2D eigenvalue weighted by atomic mass is 35.5. The monoisotopic (exact) mass is 412 g/mol. The molecule has 2 rings (SSSR count). The normalized spacial score (nSPS) is 12.5. The van der Waals surface area contributed by atoms with Crippen molar-refractivity contribution in [2.75, 3.05) is 15.9 Å². The molecule has 0 aliphatic heterocycles. The first-order valence-corrected chi connectivity index (χ1v) is 10.6. The molecule has 0 spiro atoms. The number of nitrogens with zero attached hydrogens (tertiary/aromatic N) is 1. The van der Waals surface area contributed by atoms with Crippen molar-refractivity contribution in [3.8, 4) is 0 Å². The number of nitrogens with one attached hydrogen (secondary N) is 1. The molecule has 0 bridgehead atoms. The van der Waals surface area contributed by atoms with Crippen molar-refractivity contribution in [3.05, 3.63) is 58.4 Å². The predicted molar refractivity (Wildman–Crippen MR) is 107 cm³/mol. The molecule has 8 heteroatoms. The quantitative estimate of drug-likeness (QED) is 0.770. The van der Waals surface area contributed by atoms with Crippen molar-refractivity contribution in [2.24, 2.45) is 0 Å². The second-order valence-corrected chi connectivity index (χ2v) is 8.60. The molecule has 5 nitrogen and oxygen atoms in total. The van der Waals surface area contributed by atoms with Gasteiger partial charge in [-0.25, -0.2) is 12.8 Å². The highest BCUT2D eigenvalue weighted by Gasteiger charge is 2.32. The summed E-state index contributed by atoms with van der Waals surface area (Å²) in [6.45, 7) is 5.42. The zero-order chi connectivity index (χ0) is 20.4. The Hall–Kier alpha value is -2.12. The molecule has 146 valence electrons. The van der Waals surface area contributed by atoms with Crippen LogP contribution in [0, 0.1) is 19.7 Å². The lowest BCUT2D eigenvalue weighted by molar-refractivity contribution is -0.117. The standard InChI is InChI=1S/C19H22ClFN2O3S/c1-5-17(19(24)22-18-12(2)7-6-8-13(18)3)23(27(4,25)26)14-9-10-16(21)15(20)11-14/h6-11,17H,5H2,1-4H3,(H,22,24)/t17-/m0/s1. The van der Waals surface area contributed by atoms with Gasteiger partial charge in [-0.15, -0.1) is 0 Å². The summed E-state index contributed by atoms with van der Waals surface area (Å²) in [5, 5.41) is 2.61. The van der Waals surface area contributed by atoms with Gasteiger partial charge in [-0.2, -0.15) is 0 Å². The number of sulfonamides is 1. The third-order valence-electron chi connectivity index (χ3n) is 4.22. The molecule has 2 aromatic rings. The lowest BCUT2D eigenvalue weighted by Crippen LogP contribution is -2.47. The predicted octanol–water partition coefficient (Wildman–Crippen LogP) is 4.28. The van der Waals surface area contributed by atoms with Crippen LogP contribution in [0.5, 0.6) is 0 Å². The topological polar surface area (TPSA) is 66.5 Å². The minimum absolute atomic E-state index is 0.132. The maximum Gasteiger partial charge on any atom is 0.248 e. The van der Waals surface area contributed by atoms with Crippen LogP contribution in [0.25, 0.3) is 0 Å². The number of carbonyl (C=O) groups is 1. The molecule has 0 aromatic heterocycles. The van der Waals surface area contributed by atoms with Crippen LogP contribution in [0.4, 0.5) is 15.8 Å². The molecule has 0 aliphatic carbocycles. The second-order valence-electron chi connectivity index (χ2n) is 6.34. The lowest BCUT2D eigenvalue weighted by atomic mass is 10.1. The van der Waals surface area contributed by atoms with E-state index in [9.17, 15) is 17.6 Å². The fraction of sp³-hybridized carbons (Fsp3) is 0.316. The van der Waals surface area contributed by atoms with Crippen molar-refractivity contribution in [1.82, 2.24) is 0 Å². The van der Waals surface area contributed by atoms with Gasteiger partial charge in [-0.1, -0.05) is 36.7 Å². The van der Waals surface area contributed by atoms with E-state index in [1.807, 2.05) is 32.0 Å². The molecule has 0 aliphatic rings. The third-order valence-corrected chi connectivity index (χ3v) is 5.69. The molecular formula is C19H22ClFN2O3S. The molecule has 1 amide bonds. The fourth-order valence-corrected chi connectivity index (χ4v) is 4.28. The Labute approximate surface area is 164 Å². The molecule has 0 radical (unpaired) electrons. The van der Waals surface area contributed by atoms with E-state index in [1.165, 1.54) is 12.1 Å². The molecular weight excluding hydrogens is 391 g/mol. The van der Waals surface area contributed by atoms with Crippen molar-refractivity contribution < 1.29 is 17.6 Å². The molecule has 2 aromatic carbocycles. The summed E-state index contributed by atoms with van der Waals surface area (Å²) in [4.78, 5) is 12.9. The first kappa shape index (κ1) is 21.2. The van der Waals surface area contributed by atoms with E-state index in [0.717, 1.165) is 27.8 Å². The summed E-state index contributed by atoms with van der Waals surface area (Å²) in [7, 11) is -3.83. The first-order chi connectivity index (χ1) is 12.6. The van der Waals surface area contributed by atoms with Gasteiger partial charge >= 0.3 is 0 Å². The maximum atomic E-state index is 13.5. The minimum atomic E-state index is -3.83. The molecule has 1 atom stereocenters. The Bertz CT molecular complexity index is 943. The van der Waals surface area contributed by atoms with E-state index in [1.54, 1.807) is 6.92 Å². The second kappa shape index (κ2) is 8.27. The van der Waals surface area contributed by atoms with Gasteiger partial charge in [0.25, 0.3) is 0 Å². The number of halogens is 2. The average molecular weight is 413 g/mol. The first-order valence-electron chi connectivity index (χ1n) is 8.37. The smallest absolute Gasteiger partial charge is 0.248 e. The number of amides is 1. The molecule has 0 saturated carbocycles. The van der Waals surface area contributed by atoms with E-state index >= 15 is 0 Å². The van der Waals surface area contributed by atoms with Crippen LogP contribution in [0.2, 0.25) is 5.02 Å². The van der Waals surface area contributed by atoms with E-state index in [-0.39, 0.29) is 17.1 Å². The molecule has 1 N–H and O–H groups in total. The molecule has 0 fully saturated rings. The SMILES string of the molecule is CC[C@@H](C(=O)Nc1c(C)cccc1C)N(c1ccc(F)c(Cl)c1)S(C)(=O)=O. The summed E-state index contributed by atoms with van der Waals surface area (Å²) >= 11 is 5.81. The summed E-state index contributed by atoms with van der Waals surface area (Å²) in [5.41, 5.74) is 2.52. The number of aryl methyl sites for hydroxylation is 2. The van der Waals surface area contributed by atoms with Crippen LogP contribution >= 0.6 is 11.6 Å². The van der Waals surface area contributed by atoms with Crippen LogP contribution < -0.4 is 9.62 Å². The van der Waals surface area contributed by atoms with Crippen LogP contribution in [0.1, 0.15) is 24.5 Å². The average Bonchev–Trinajstić information content (AvgIpc) is 2.57. The summed E-state index contributed by atoms with van der Waals surface area (Å²) in [6, 6.07) is 8.15. The Balaban J connectivity index is 2.46. The van der Waals surface area contributed by atoms with E-state index in [4.69, 9.17) is 11.6 Å². The van der Waals surface area contributed by atoms with E-state index in [2.05, 4.69) is 5.32 Å². The van der Waals surface area contributed by atoms with Gasteiger partial charge in [-0.3, -0.25) is 9.10 Å². The number of para-hydroxylation sites is 1. The minimum Gasteiger partial charge on any atom is -0.324 e. The zero-order valence-electron chi connectivity index (χ0n) is 15.6. The highest BCUT2D eigenvalue weighted by Crippen LogP contribution is 2.28. The van der Waals surface area contributed by atoms with Gasteiger partial charge in [-0.05, 0) is 49.6 Å². The van der Waals surface area contributed by atoms with E-state index in [0.29, 0.717) is 5.69 Å². The van der Waals surface area contributed by atoms with Crippen molar-refractivity contribution in [1.29, 1.82) is 0 Å². The van der Waals surface area contributed by atoms with Crippen molar-refractivity contribution in [2.45, 2.75) is 33.2 Å². The lowest BCUT2D eigenvalue weighted by Gasteiger charge is -2.30. The van der Waals surface area contributed by atoms with Gasteiger partial charge in [0.15, 0.2) is 0 Å². The van der Waals surface area contributed by atoms with Crippen molar-refractivity contribution in [3.63, 3.8) is 0 Å². The summed E-state index contributed by atoms with van der Waals surface area (Å²) in [5.74, 6) is -1.14. The number of benzene rings is 2. The molecule has 27 heavy (non-hydrogen) atoms. The fourth-order valence-electron chi connectivity index (χ4n) is 2.90. The van der Waals surface area contributed by atoms with Crippen molar-refractivity contribution >= 4 is 38.9 Å². The van der Waals surface area contributed by atoms with Gasteiger partial charge in [0.1, 0.15) is 11.9 Å². The molecule has 0 heterocycles. The Kier molecular flexibility index (Phi) is 6.49. The summed E-state index contributed by atoms with van der Waals surface area (Å²) in [6.07, 6.45) is 1.22. The van der Waals surface area contributed by atoms with Crippen LogP contribution in [0.3, 0.4) is 0 Å². The Morgan fingerprint density at radius 2 is 1.81 bits per heavy atom. The Morgan fingerprint density at radius 3 is 2.30 bits per heavy atom. The number of hydrogen-bond donors (Lipinski definition) is 1. The van der Waals surface area contributed by atoms with Gasteiger partial charge in [0.05, 0.1) is 17.0 Å². The number of rotatable bonds is 6. The van der Waals surface area contributed by atoms with Gasteiger partial charge in [0.2, 0.25) is 15.9 Å². The van der Waals surface area contributed by atoms with E-state index < -0.39 is 27.8 Å². The molecule has 0 saturated heterocycles. The molecule has 0 unspecified atom stereocenters. The van der Waals surface area contributed by atoms with Crippen LogP contribution in [-0.4, -0.2) is 26.6 Å². The number of hydrogen-bond acceptors (Lipinski definition) is 3. The number of anilines is 2. The Morgan fingerprint density at radius 1 is 1.22 bits per heavy atom. The summed E-state index contributed by atoms with van der Waals surface area (Å²) < 4.78 is 39.3. The zero-order valence-corrected chi connectivity index (χ0v) is 17.2. The third kappa shape index (κ3) is 4.78. The van der Waals surface area contributed by atoms with Gasteiger partial charge < -0.3 is 5.32 Å². The highest BCUT2D eigenvalue weighted by molar-refractivity contribution is 7.92. The van der Waals surface area contributed by atoms with Gasteiger partial charge in [0, 0.05) is 5.69 Å². The maximum absolute atomic E-state index is 13.5. The van der Waals surface area contributed by atoms with Crippen LogP contribution in [-0.2, 0) is 14.8 Å². The number of carbonyl (C=O) groups excluding carboxylic acids is 1. The largest absolute Gasteiger partial charge is 0.324 e. The van der Waals surface area contributed by atoms with Crippen LogP contribution in [0.15, 0.2) is 36.4 Å².